The average molecular weight is 651 g/mol. The molecule has 0 radical (unpaired) electrons. The van der Waals surface area contributed by atoms with Crippen LogP contribution in [0.15, 0.2) is 54.1 Å². The molecular formula is C38H54N2O5S. The lowest BCUT2D eigenvalue weighted by Crippen LogP contribution is -2.42. The minimum Gasteiger partial charge on any atom is -0.480 e. The molecule has 2 aromatic rings. The molecule has 252 valence electrons. The van der Waals surface area contributed by atoms with Crippen LogP contribution in [0.2, 0.25) is 0 Å². The van der Waals surface area contributed by atoms with E-state index in [0.29, 0.717) is 17.6 Å². The highest BCUT2D eigenvalue weighted by atomic mass is 32.2. The molecule has 1 amide bonds. The third kappa shape index (κ3) is 11.1. The van der Waals surface area contributed by atoms with Crippen LogP contribution in [0.25, 0.3) is 11.1 Å². The van der Waals surface area contributed by atoms with Gasteiger partial charge in [0.25, 0.3) is 5.91 Å². The quantitative estimate of drug-likeness (QED) is 0.134. The number of amides is 1. The largest absolute Gasteiger partial charge is 0.480 e. The van der Waals surface area contributed by atoms with Crippen molar-refractivity contribution >= 4 is 21.7 Å². The molecule has 2 aliphatic rings. The van der Waals surface area contributed by atoms with Crippen LogP contribution in [0.1, 0.15) is 112 Å². The van der Waals surface area contributed by atoms with Crippen molar-refractivity contribution in [2.24, 2.45) is 5.92 Å². The van der Waals surface area contributed by atoms with Crippen molar-refractivity contribution < 1.29 is 23.1 Å². The first-order valence-corrected chi connectivity index (χ1v) is 19.3. The molecule has 2 aromatic carbocycles. The first-order valence-electron chi connectivity index (χ1n) is 17.2. The predicted octanol–water partition coefficient (Wildman–Crippen LogP) is 7.72. The fourth-order valence-corrected chi connectivity index (χ4v) is 7.62. The Bertz CT molecular complexity index is 1470. The molecule has 0 bridgehead atoms. The van der Waals surface area contributed by atoms with Crippen LogP contribution in [0.4, 0.5) is 0 Å². The maximum absolute atomic E-state index is 13.6. The van der Waals surface area contributed by atoms with Crippen LogP contribution in [-0.4, -0.2) is 60.4 Å². The first kappa shape index (κ1) is 35.9. The molecule has 2 atom stereocenters. The van der Waals surface area contributed by atoms with Crippen LogP contribution in [0.3, 0.4) is 0 Å². The summed E-state index contributed by atoms with van der Waals surface area (Å²) in [5.74, 6) is -1.29. The van der Waals surface area contributed by atoms with E-state index in [-0.39, 0.29) is 12.2 Å². The van der Waals surface area contributed by atoms with Gasteiger partial charge in [-0.15, -0.1) is 0 Å². The zero-order valence-corrected chi connectivity index (χ0v) is 29.1. The summed E-state index contributed by atoms with van der Waals surface area (Å²) in [6.45, 7) is 7.17. The summed E-state index contributed by atoms with van der Waals surface area (Å²) in [6.07, 6.45) is 17.2. The smallest absolute Gasteiger partial charge is 0.326 e. The number of rotatable bonds is 17. The van der Waals surface area contributed by atoms with Crippen molar-refractivity contribution in [2.75, 3.05) is 12.0 Å². The topological polar surface area (TPSA) is 104 Å². The molecule has 2 aliphatic carbocycles. The van der Waals surface area contributed by atoms with E-state index in [1.54, 1.807) is 0 Å². The van der Waals surface area contributed by atoms with Crippen molar-refractivity contribution in [3.05, 3.63) is 70.8 Å². The molecule has 0 spiro atoms. The van der Waals surface area contributed by atoms with E-state index in [4.69, 9.17) is 0 Å². The van der Waals surface area contributed by atoms with E-state index in [2.05, 4.69) is 36.2 Å². The van der Waals surface area contributed by atoms with Gasteiger partial charge in [-0.3, -0.25) is 9.69 Å². The van der Waals surface area contributed by atoms with E-state index in [1.807, 2.05) is 43.3 Å². The monoisotopic (exact) mass is 650 g/mol. The zero-order chi connectivity index (χ0) is 33.3. The molecule has 0 saturated heterocycles. The lowest BCUT2D eigenvalue weighted by atomic mass is 9.83. The van der Waals surface area contributed by atoms with Crippen molar-refractivity contribution in [3.8, 4) is 11.1 Å². The summed E-state index contributed by atoms with van der Waals surface area (Å²) >= 11 is 0. The lowest BCUT2D eigenvalue weighted by molar-refractivity contribution is -0.139. The van der Waals surface area contributed by atoms with Gasteiger partial charge < -0.3 is 10.4 Å². The number of aryl methyl sites for hydroxylation is 1. The Labute approximate surface area is 276 Å². The van der Waals surface area contributed by atoms with Crippen molar-refractivity contribution in [1.29, 1.82) is 0 Å². The molecule has 7 nitrogen and oxygen atoms in total. The Morgan fingerprint density at radius 1 is 1.00 bits per heavy atom. The second kappa shape index (κ2) is 16.7. The SMILES string of the molecule is CC(C)=CCCC[C@@H](CC1CCCCC1)N(Cc1ccc(C(=O)N[C@@H](CCS(C)(=O)=O)C(=O)O)c(-c2ccccc2C)c1)C1CC1. The van der Waals surface area contributed by atoms with Gasteiger partial charge in [0.2, 0.25) is 0 Å². The fraction of sp³-hybridized carbons (Fsp3) is 0.579. The van der Waals surface area contributed by atoms with Crippen LogP contribution in [-0.2, 0) is 21.2 Å². The Morgan fingerprint density at radius 2 is 1.72 bits per heavy atom. The van der Waals surface area contributed by atoms with Crippen molar-refractivity contribution in [2.45, 2.75) is 122 Å². The van der Waals surface area contributed by atoms with Gasteiger partial charge in [-0.25, -0.2) is 13.2 Å². The molecule has 0 unspecified atom stereocenters. The molecule has 4 rings (SSSR count). The normalized spacial score (nSPS) is 17.0. The second-order valence-electron chi connectivity index (χ2n) is 14.0. The average Bonchev–Trinajstić information content (AvgIpc) is 3.85. The highest BCUT2D eigenvalue weighted by molar-refractivity contribution is 7.90. The molecule has 2 saturated carbocycles. The number of nitrogens with one attached hydrogen (secondary N) is 1. The first-order chi connectivity index (χ1) is 21.9. The minimum atomic E-state index is -3.38. The number of sulfone groups is 1. The maximum atomic E-state index is 13.6. The Kier molecular flexibility index (Phi) is 13.0. The van der Waals surface area contributed by atoms with E-state index >= 15 is 0 Å². The molecular weight excluding hydrogens is 596 g/mol. The second-order valence-corrected chi connectivity index (χ2v) is 16.2. The van der Waals surface area contributed by atoms with Gasteiger partial charge in [-0.05, 0) is 106 Å². The van der Waals surface area contributed by atoms with Crippen molar-refractivity contribution in [1.82, 2.24) is 10.2 Å². The standard InChI is InChI=1S/C38H54N2O5S/c1-27(2)12-8-10-16-32(24-29-14-6-5-7-15-29)40(31-19-20-31)26-30-18-21-34(35(25-30)33-17-11-9-13-28(33)3)37(41)39-36(38(42)43)22-23-46(4,44)45/h9,11-13,17-18,21,25,29,31-32,36H,5-8,10,14-16,19-20,22-24,26H2,1-4H3,(H,39,41)(H,42,43)/t32-,36-/m0/s1. The third-order valence-corrected chi connectivity index (χ3v) is 10.6. The van der Waals surface area contributed by atoms with Crippen LogP contribution in [0.5, 0.6) is 0 Å². The number of carboxylic acid groups (broad SMARTS) is 1. The number of nitrogens with zero attached hydrogens (tertiary/aromatic N) is 1. The van der Waals surface area contributed by atoms with E-state index < -0.39 is 27.8 Å². The summed E-state index contributed by atoms with van der Waals surface area (Å²) in [4.78, 5) is 28.3. The molecule has 0 heterocycles. The van der Waals surface area contributed by atoms with Crippen LogP contribution in [0, 0.1) is 12.8 Å². The number of benzene rings is 2. The van der Waals surface area contributed by atoms with E-state index in [9.17, 15) is 23.1 Å². The molecule has 0 aromatic heterocycles. The van der Waals surface area contributed by atoms with Gasteiger partial charge in [0.15, 0.2) is 0 Å². The number of hydrogen-bond acceptors (Lipinski definition) is 5. The van der Waals surface area contributed by atoms with Gasteiger partial charge in [0, 0.05) is 30.4 Å². The number of hydrogen-bond donors (Lipinski definition) is 2. The van der Waals surface area contributed by atoms with E-state index in [0.717, 1.165) is 47.4 Å². The summed E-state index contributed by atoms with van der Waals surface area (Å²) < 4.78 is 23.4. The molecule has 0 aliphatic heterocycles. The highest BCUT2D eigenvalue weighted by Gasteiger charge is 2.35. The summed E-state index contributed by atoms with van der Waals surface area (Å²) in [5.41, 5.74) is 5.63. The molecule has 2 N–H and O–H groups in total. The Balaban J connectivity index is 1.62. The number of carbonyl (C=O) groups excluding carboxylic acids is 1. The fourth-order valence-electron chi connectivity index (χ4n) is 6.96. The number of allylic oxidation sites excluding steroid dienone is 2. The minimum absolute atomic E-state index is 0.190. The predicted molar refractivity (Wildman–Crippen MR) is 187 cm³/mol. The molecule has 8 heteroatoms. The van der Waals surface area contributed by atoms with E-state index in [1.165, 1.54) is 69.8 Å². The number of unbranched alkanes of at least 4 members (excludes halogenated alkanes) is 1. The van der Waals surface area contributed by atoms with Gasteiger partial charge >= 0.3 is 5.97 Å². The Morgan fingerprint density at radius 3 is 2.35 bits per heavy atom. The summed E-state index contributed by atoms with van der Waals surface area (Å²) in [7, 11) is -3.38. The van der Waals surface area contributed by atoms with Gasteiger partial charge in [0.1, 0.15) is 15.9 Å². The van der Waals surface area contributed by atoms with Gasteiger partial charge in [-0.2, -0.15) is 0 Å². The third-order valence-electron chi connectivity index (χ3n) is 9.62. The van der Waals surface area contributed by atoms with Gasteiger partial charge in [0.05, 0.1) is 5.75 Å². The van der Waals surface area contributed by atoms with Crippen LogP contribution >= 0.6 is 0 Å². The lowest BCUT2D eigenvalue weighted by Gasteiger charge is -2.36. The Hall–Kier alpha value is -2.97. The zero-order valence-electron chi connectivity index (χ0n) is 28.3. The van der Waals surface area contributed by atoms with Crippen LogP contribution < -0.4 is 5.32 Å². The number of aliphatic carboxylic acids is 1. The number of carbonyl (C=O) groups is 2. The van der Waals surface area contributed by atoms with Crippen molar-refractivity contribution in [3.63, 3.8) is 0 Å². The summed E-state index contributed by atoms with van der Waals surface area (Å²) in [5, 5.41) is 12.4. The maximum Gasteiger partial charge on any atom is 0.326 e. The van der Waals surface area contributed by atoms with Gasteiger partial charge in [-0.1, -0.05) is 74.1 Å². The summed E-state index contributed by atoms with van der Waals surface area (Å²) in [6, 6.07) is 13.7. The molecule has 2 fully saturated rings. The number of carboxylic acids is 1. The molecule has 46 heavy (non-hydrogen) atoms. The highest BCUT2D eigenvalue weighted by Crippen LogP contribution is 2.37.